The van der Waals surface area contributed by atoms with Crippen LogP contribution in [0.5, 0.6) is 5.75 Å². The van der Waals surface area contributed by atoms with Crippen LogP contribution in [0.15, 0.2) is 47.2 Å². The van der Waals surface area contributed by atoms with Crippen molar-refractivity contribution in [3.63, 3.8) is 0 Å². The maximum absolute atomic E-state index is 5.39. The second-order valence-electron chi connectivity index (χ2n) is 3.70. The topological polar surface area (TPSA) is 22.1 Å². The molecular weight excluding hydrogens is 262 g/mol. The zero-order valence-electron chi connectivity index (χ0n) is 9.79. The Balaban J connectivity index is 2.14. The number of rotatable bonds is 3. The van der Waals surface area contributed by atoms with Gasteiger partial charge >= 0.3 is 0 Å². The highest BCUT2D eigenvalue weighted by Gasteiger charge is 2.11. The molecule has 0 aliphatic rings. The van der Waals surface area contributed by atoms with Crippen LogP contribution in [0, 0.1) is 0 Å². The lowest BCUT2D eigenvalue weighted by molar-refractivity contribution is 0.415. The van der Waals surface area contributed by atoms with Crippen LogP contribution in [0.3, 0.4) is 0 Å². The van der Waals surface area contributed by atoms with Crippen LogP contribution < -0.4 is 4.74 Å². The van der Waals surface area contributed by atoms with Gasteiger partial charge in [0.2, 0.25) is 0 Å². The predicted molar refractivity (Wildman–Crippen MR) is 77.4 cm³/mol. The zero-order chi connectivity index (χ0) is 12.4. The van der Waals surface area contributed by atoms with Gasteiger partial charge in [-0.15, -0.1) is 22.7 Å². The summed E-state index contributed by atoms with van der Waals surface area (Å²) in [6, 6.07) is 12.2. The van der Waals surface area contributed by atoms with E-state index in [1.165, 1.54) is 4.88 Å². The fourth-order valence-corrected chi connectivity index (χ4v) is 3.18. The van der Waals surface area contributed by atoms with E-state index in [2.05, 4.69) is 17.5 Å². The summed E-state index contributed by atoms with van der Waals surface area (Å²) < 4.78 is 5.39. The maximum Gasteiger partial charge on any atom is 0.146 e. The van der Waals surface area contributed by atoms with Crippen LogP contribution in [-0.4, -0.2) is 12.1 Å². The minimum atomic E-state index is 0.817. The van der Waals surface area contributed by atoms with Gasteiger partial charge in [0, 0.05) is 0 Å². The Hall–Kier alpha value is -1.65. The van der Waals surface area contributed by atoms with Crippen LogP contribution in [-0.2, 0) is 0 Å². The highest BCUT2D eigenvalue weighted by molar-refractivity contribution is 7.13. The van der Waals surface area contributed by atoms with E-state index in [-0.39, 0.29) is 0 Å². The second kappa shape index (κ2) is 4.92. The first-order valence-electron chi connectivity index (χ1n) is 5.51. The van der Waals surface area contributed by atoms with Crippen molar-refractivity contribution in [1.29, 1.82) is 0 Å². The maximum atomic E-state index is 5.39. The molecule has 0 aliphatic heterocycles. The molecule has 3 aromatic heterocycles. The van der Waals surface area contributed by atoms with Gasteiger partial charge in [-0.2, -0.15) is 0 Å². The van der Waals surface area contributed by atoms with Crippen molar-refractivity contribution in [1.82, 2.24) is 4.98 Å². The van der Waals surface area contributed by atoms with Gasteiger partial charge < -0.3 is 4.74 Å². The zero-order valence-corrected chi connectivity index (χ0v) is 11.4. The van der Waals surface area contributed by atoms with Crippen molar-refractivity contribution >= 4 is 22.7 Å². The number of methoxy groups -OCH3 is 1. The first-order valence-corrected chi connectivity index (χ1v) is 7.27. The van der Waals surface area contributed by atoms with Crippen LogP contribution in [0.25, 0.3) is 21.1 Å². The van der Waals surface area contributed by atoms with Gasteiger partial charge in [-0.05, 0) is 35.0 Å². The Morgan fingerprint density at radius 3 is 2.28 bits per heavy atom. The molecule has 3 rings (SSSR count). The average Bonchev–Trinajstić information content (AvgIpc) is 3.11. The molecular formula is C14H11NOS2. The Kier molecular flexibility index (Phi) is 3.13. The lowest BCUT2D eigenvalue weighted by atomic mass is 10.2. The highest BCUT2D eigenvalue weighted by Crippen LogP contribution is 2.34. The normalized spacial score (nSPS) is 10.5. The molecule has 0 atom stereocenters. The van der Waals surface area contributed by atoms with Gasteiger partial charge in [-0.1, -0.05) is 12.1 Å². The minimum absolute atomic E-state index is 0.817. The fraction of sp³-hybridized carbons (Fsp3) is 0.0714. The van der Waals surface area contributed by atoms with E-state index in [1.54, 1.807) is 29.8 Å². The Morgan fingerprint density at radius 1 is 0.944 bits per heavy atom. The highest BCUT2D eigenvalue weighted by atomic mass is 32.1. The molecule has 0 bridgehead atoms. The number of aromatic nitrogens is 1. The molecule has 3 heterocycles. The first kappa shape index (κ1) is 11.4. The van der Waals surface area contributed by atoms with Gasteiger partial charge in [-0.3, -0.25) is 0 Å². The second-order valence-corrected chi connectivity index (χ2v) is 5.60. The monoisotopic (exact) mass is 273 g/mol. The number of pyridine rings is 1. The fourth-order valence-electron chi connectivity index (χ4n) is 1.76. The SMILES string of the molecule is COc1ccc(-c2cccs2)nc1-c1cccs1. The van der Waals surface area contributed by atoms with Crippen LogP contribution in [0.1, 0.15) is 0 Å². The third-order valence-electron chi connectivity index (χ3n) is 2.61. The lowest BCUT2D eigenvalue weighted by Gasteiger charge is -2.07. The van der Waals surface area contributed by atoms with Gasteiger partial charge in [0.25, 0.3) is 0 Å². The summed E-state index contributed by atoms with van der Waals surface area (Å²) in [5, 5.41) is 4.11. The van der Waals surface area contributed by atoms with E-state index >= 15 is 0 Å². The van der Waals surface area contributed by atoms with Crippen molar-refractivity contribution in [2.24, 2.45) is 0 Å². The molecule has 0 amide bonds. The Labute approximate surface area is 114 Å². The third kappa shape index (κ3) is 2.05. The van der Waals surface area contributed by atoms with Crippen molar-refractivity contribution in [2.45, 2.75) is 0 Å². The lowest BCUT2D eigenvalue weighted by Crippen LogP contribution is -1.91. The summed E-state index contributed by atoms with van der Waals surface area (Å²) in [5.74, 6) is 0.817. The molecule has 0 saturated heterocycles. The number of ether oxygens (including phenoxy) is 1. The van der Waals surface area contributed by atoms with Crippen LogP contribution in [0.2, 0.25) is 0 Å². The molecule has 0 spiro atoms. The number of hydrogen-bond acceptors (Lipinski definition) is 4. The van der Waals surface area contributed by atoms with Gasteiger partial charge in [0.05, 0.1) is 22.6 Å². The van der Waals surface area contributed by atoms with Crippen LogP contribution >= 0.6 is 22.7 Å². The van der Waals surface area contributed by atoms with E-state index in [9.17, 15) is 0 Å². The van der Waals surface area contributed by atoms with Crippen molar-refractivity contribution in [3.05, 3.63) is 47.2 Å². The first-order chi connectivity index (χ1) is 8.88. The van der Waals surface area contributed by atoms with Gasteiger partial charge in [0.1, 0.15) is 11.4 Å². The molecule has 0 N–H and O–H groups in total. The number of nitrogens with zero attached hydrogens (tertiary/aromatic N) is 1. The molecule has 4 heteroatoms. The standard InChI is InChI=1S/C14H11NOS2/c1-16-11-7-6-10(12-4-2-8-17-12)15-14(11)13-5-3-9-18-13/h2-9H,1H3. The Bertz CT molecular complexity index is 630. The van der Waals surface area contributed by atoms with Gasteiger partial charge in [-0.25, -0.2) is 4.98 Å². The quantitative estimate of drug-likeness (QED) is 0.698. The van der Waals surface area contributed by atoms with Crippen LogP contribution in [0.4, 0.5) is 0 Å². The van der Waals surface area contributed by atoms with E-state index in [0.29, 0.717) is 0 Å². The van der Waals surface area contributed by atoms with Crippen molar-refractivity contribution in [3.8, 4) is 26.9 Å². The smallest absolute Gasteiger partial charge is 0.146 e. The predicted octanol–water partition coefficient (Wildman–Crippen LogP) is 4.55. The summed E-state index contributed by atoms with van der Waals surface area (Å²) in [6.07, 6.45) is 0. The molecule has 3 aromatic rings. The average molecular weight is 273 g/mol. The van der Waals surface area contributed by atoms with Crippen molar-refractivity contribution in [2.75, 3.05) is 7.11 Å². The van der Waals surface area contributed by atoms with Gasteiger partial charge in [0.15, 0.2) is 0 Å². The largest absolute Gasteiger partial charge is 0.494 e. The molecule has 0 radical (unpaired) electrons. The molecule has 0 fully saturated rings. The minimum Gasteiger partial charge on any atom is -0.494 e. The molecule has 0 unspecified atom stereocenters. The molecule has 90 valence electrons. The van der Waals surface area contributed by atoms with E-state index < -0.39 is 0 Å². The molecule has 0 aromatic carbocycles. The number of thiophene rings is 2. The molecule has 0 saturated carbocycles. The van der Waals surface area contributed by atoms with E-state index in [0.717, 1.165) is 22.0 Å². The molecule has 2 nitrogen and oxygen atoms in total. The number of hydrogen-bond donors (Lipinski definition) is 0. The third-order valence-corrected chi connectivity index (χ3v) is 4.38. The molecule has 0 aliphatic carbocycles. The molecule has 18 heavy (non-hydrogen) atoms. The van der Waals surface area contributed by atoms with Crippen molar-refractivity contribution < 1.29 is 4.74 Å². The van der Waals surface area contributed by atoms with E-state index in [4.69, 9.17) is 9.72 Å². The summed E-state index contributed by atoms with van der Waals surface area (Å²) in [5.41, 5.74) is 1.91. The van der Waals surface area contributed by atoms with E-state index in [1.807, 2.05) is 29.6 Å². The summed E-state index contributed by atoms with van der Waals surface area (Å²) >= 11 is 3.37. The summed E-state index contributed by atoms with van der Waals surface area (Å²) in [7, 11) is 1.68. The summed E-state index contributed by atoms with van der Waals surface area (Å²) in [4.78, 5) is 7.03. The summed E-state index contributed by atoms with van der Waals surface area (Å²) in [6.45, 7) is 0. The Morgan fingerprint density at radius 2 is 1.67 bits per heavy atom.